The number of nitrogens with zero attached hydrogens (tertiary/aromatic N) is 4. The lowest BCUT2D eigenvalue weighted by atomic mass is 9.71. The summed E-state index contributed by atoms with van der Waals surface area (Å²) in [4.78, 5) is 14.9. The molecule has 0 amide bonds. The van der Waals surface area contributed by atoms with Crippen molar-refractivity contribution in [2.24, 2.45) is 11.8 Å². The number of quaternary nitrogens is 1. The van der Waals surface area contributed by atoms with Crippen molar-refractivity contribution in [3.8, 4) is 62.1 Å². The van der Waals surface area contributed by atoms with Gasteiger partial charge in [-0.05, 0) is 77.1 Å². The first-order chi connectivity index (χ1) is 33.3. The highest BCUT2D eigenvalue weighted by molar-refractivity contribution is 6.74. The molecule has 0 radical (unpaired) electrons. The molecule has 3 aliphatic heterocycles. The lowest BCUT2D eigenvalue weighted by molar-refractivity contribution is -0.984. The molecule has 8 aromatic rings. The van der Waals surface area contributed by atoms with Crippen LogP contribution in [-0.4, -0.2) is 52.0 Å². The Hall–Kier alpha value is -6.58. The number of phenolic OH excluding ortho intramolecular Hbond substituents is 1. The number of ether oxygens (including phenoxy) is 1. The number of aromatic nitrogens is 3. The predicted octanol–water partition coefficient (Wildman–Crippen LogP) is 15.2. The van der Waals surface area contributed by atoms with E-state index < -0.39 is 14.4 Å². The van der Waals surface area contributed by atoms with Crippen molar-refractivity contribution in [1.82, 2.24) is 15.0 Å². The first kappa shape index (κ1) is 46.2. The molecule has 5 heterocycles. The minimum atomic E-state index is -2.32. The van der Waals surface area contributed by atoms with Crippen LogP contribution in [-0.2, 0) is 6.54 Å². The Kier molecular flexibility index (Phi) is 12.5. The Morgan fingerprint density at radius 1 is 0.783 bits per heavy atom. The monoisotopic (exact) mass is 947 g/mol. The zero-order chi connectivity index (χ0) is 47.9. The number of hydrogen-bond donors (Lipinski definition) is 1. The number of halogens is 1. The second-order valence-corrected chi connectivity index (χ2v) is 25.6. The standard InChI is InChI=1S/C60H59ClN4O3Si/c1-7-41-39-65(38-40-34-49(42-20-12-8-13-21-42)55(68-69(5,6)60(2,3)4)50(35-40)43-22-14-9-15-23-43)33-31-46(41)36-53(65)56(48-30-32-62-52-29-28-47(66)37-51(48)52)67-59-54(44-24-16-10-17-25-44)57(61)63-58(64-59)45-26-18-11-19-27-45/h7-30,32,34-35,37,41,46,53,56H,1,31,33,36,38-39H2,2-6H3/p+1/t41?,46?,53?,56-,65?/m0/s1. The molecule has 2 aromatic heterocycles. The minimum absolute atomic E-state index is 0.0177. The van der Waals surface area contributed by atoms with Crippen molar-refractivity contribution in [3.63, 3.8) is 0 Å². The van der Waals surface area contributed by atoms with Crippen LogP contribution in [0, 0.1) is 11.8 Å². The molecule has 348 valence electrons. The van der Waals surface area contributed by atoms with Crippen LogP contribution in [0.25, 0.3) is 55.7 Å². The second kappa shape index (κ2) is 18.7. The van der Waals surface area contributed by atoms with E-state index in [-0.39, 0.29) is 16.8 Å². The van der Waals surface area contributed by atoms with Gasteiger partial charge in [-0.2, -0.15) is 4.98 Å². The number of rotatable bonds is 13. The Bertz CT molecular complexity index is 3070. The van der Waals surface area contributed by atoms with E-state index in [2.05, 4.69) is 125 Å². The van der Waals surface area contributed by atoms with Gasteiger partial charge in [0.15, 0.2) is 11.9 Å². The van der Waals surface area contributed by atoms with Gasteiger partial charge in [0.25, 0.3) is 8.32 Å². The van der Waals surface area contributed by atoms with E-state index in [9.17, 15) is 5.11 Å². The zero-order valence-electron chi connectivity index (χ0n) is 40.1. The summed E-state index contributed by atoms with van der Waals surface area (Å²) in [6.45, 7) is 18.6. The second-order valence-electron chi connectivity index (χ2n) is 20.5. The molecule has 7 nitrogen and oxygen atoms in total. The maximum atomic E-state index is 11.1. The van der Waals surface area contributed by atoms with Crippen molar-refractivity contribution in [1.29, 1.82) is 0 Å². The summed E-state index contributed by atoms with van der Waals surface area (Å²) in [6.07, 6.45) is 5.45. The minimum Gasteiger partial charge on any atom is -0.543 e. The van der Waals surface area contributed by atoms with Gasteiger partial charge in [0, 0.05) is 58.2 Å². The van der Waals surface area contributed by atoms with Gasteiger partial charge in [0.2, 0.25) is 5.88 Å². The topological polar surface area (TPSA) is 77.4 Å². The van der Waals surface area contributed by atoms with Gasteiger partial charge in [0.1, 0.15) is 29.2 Å². The zero-order valence-corrected chi connectivity index (χ0v) is 41.9. The predicted molar refractivity (Wildman–Crippen MR) is 284 cm³/mol. The molecule has 5 atom stereocenters. The first-order valence-corrected chi connectivity index (χ1v) is 27.5. The third kappa shape index (κ3) is 9.09. The van der Waals surface area contributed by atoms with Gasteiger partial charge in [0.05, 0.1) is 24.2 Å². The molecule has 0 spiro atoms. The average molecular weight is 949 g/mol. The number of phenols is 1. The summed E-state index contributed by atoms with van der Waals surface area (Å²) in [7, 11) is -2.32. The number of benzene rings is 6. The van der Waals surface area contributed by atoms with Gasteiger partial charge in [-0.3, -0.25) is 4.98 Å². The highest BCUT2D eigenvalue weighted by Crippen LogP contribution is 2.52. The van der Waals surface area contributed by atoms with Crippen LogP contribution in [0.3, 0.4) is 0 Å². The molecule has 2 bridgehead atoms. The average Bonchev–Trinajstić information content (AvgIpc) is 3.36. The van der Waals surface area contributed by atoms with Crippen LogP contribution >= 0.6 is 11.6 Å². The van der Waals surface area contributed by atoms with Crippen molar-refractivity contribution < 1.29 is 18.8 Å². The van der Waals surface area contributed by atoms with Crippen LogP contribution in [0.15, 0.2) is 177 Å². The van der Waals surface area contributed by atoms with Crippen LogP contribution in [0.2, 0.25) is 23.3 Å². The highest BCUT2D eigenvalue weighted by Gasteiger charge is 2.55. The SMILES string of the molecule is C=CC1C[N+]2(Cc3cc(-c4ccccc4)c(O[Si](C)(C)C(C)(C)C)c(-c4ccccc4)c3)CCC1CC2[C@@H](Oc1nc(-c2ccccc2)nc(Cl)c1-c1ccccc1)c1ccnc2ccc(O)cc12. The van der Waals surface area contributed by atoms with Gasteiger partial charge >= 0.3 is 0 Å². The summed E-state index contributed by atoms with van der Waals surface area (Å²) in [5.41, 5.74) is 9.69. The lowest BCUT2D eigenvalue weighted by Crippen LogP contribution is -2.68. The van der Waals surface area contributed by atoms with Gasteiger partial charge in [-0.1, -0.05) is 160 Å². The number of hydrogen-bond acceptors (Lipinski definition) is 6. The van der Waals surface area contributed by atoms with Crippen molar-refractivity contribution in [3.05, 3.63) is 193 Å². The Balaban J connectivity index is 1.19. The molecule has 6 aromatic carbocycles. The van der Waals surface area contributed by atoms with Crippen LogP contribution in [0.5, 0.6) is 17.4 Å². The van der Waals surface area contributed by atoms with Crippen LogP contribution < -0.4 is 9.16 Å². The van der Waals surface area contributed by atoms with E-state index in [0.29, 0.717) is 34.3 Å². The fourth-order valence-corrected chi connectivity index (χ4v) is 11.9. The maximum Gasteiger partial charge on any atom is 0.250 e. The molecule has 1 N–H and O–H groups in total. The molecule has 3 saturated heterocycles. The quantitative estimate of drug-likeness (QED) is 0.0537. The van der Waals surface area contributed by atoms with Crippen molar-refractivity contribution in [2.45, 2.75) is 70.4 Å². The van der Waals surface area contributed by atoms with Crippen LogP contribution in [0.4, 0.5) is 0 Å². The Labute approximate surface area is 412 Å². The highest BCUT2D eigenvalue weighted by atomic mass is 35.5. The smallest absolute Gasteiger partial charge is 0.250 e. The molecule has 9 heteroatoms. The third-order valence-corrected chi connectivity index (χ3v) is 19.8. The van der Waals surface area contributed by atoms with E-state index in [1.165, 1.54) is 5.56 Å². The number of piperidine rings is 3. The van der Waals surface area contributed by atoms with Crippen molar-refractivity contribution in [2.75, 3.05) is 13.1 Å². The van der Waals surface area contributed by atoms with Crippen molar-refractivity contribution >= 4 is 30.8 Å². The first-order valence-electron chi connectivity index (χ1n) is 24.2. The number of fused-ring (bicyclic) bond motifs is 4. The van der Waals surface area contributed by atoms with E-state index in [1.807, 2.05) is 79.0 Å². The molecule has 0 aliphatic carbocycles. The number of aromatic hydroxyl groups is 1. The fraction of sp³-hybridized carbons (Fsp3) is 0.250. The molecule has 0 saturated carbocycles. The van der Waals surface area contributed by atoms with E-state index in [4.69, 9.17) is 35.7 Å². The van der Waals surface area contributed by atoms with E-state index in [0.717, 1.165) is 92.6 Å². The lowest BCUT2D eigenvalue weighted by Gasteiger charge is -2.58. The molecular weight excluding hydrogens is 888 g/mol. The van der Waals surface area contributed by atoms with Gasteiger partial charge < -0.3 is 18.8 Å². The molecule has 11 rings (SSSR count). The molecular formula is C60H60ClN4O3Si+. The maximum absolute atomic E-state index is 11.1. The summed E-state index contributed by atoms with van der Waals surface area (Å²) in [5.74, 6) is 2.71. The van der Waals surface area contributed by atoms with E-state index >= 15 is 0 Å². The normalized spacial score (nSPS) is 19.5. The van der Waals surface area contributed by atoms with Gasteiger partial charge in [-0.15, -0.1) is 6.58 Å². The summed E-state index contributed by atoms with van der Waals surface area (Å²) in [5, 5.41) is 12.2. The summed E-state index contributed by atoms with van der Waals surface area (Å²) >= 11 is 7.30. The Morgan fingerprint density at radius 3 is 1.97 bits per heavy atom. The summed E-state index contributed by atoms with van der Waals surface area (Å²) in [6, 6.07) is 53.6. The fourth-order valence-electron chi connectivity index (χ4n) is 10.6. The summed E-state index contributed by atoms with van der Waals surface area (Å²) < 4.78 is 15.9. The largest absolute Gasteiger partial charge is 0.543 e. The van der Waals surface area contributed by atoms with Crippen LogP contribution in [0.1, 0.15) is 50.8 Å². The molecule has 69 heavy (non-hydrogen) atoms. The molecule has 3 fully saturated rings. The van der Waals surface area contributed by atoms with E-state index in [1.54, 1.807) is 6.07 Å². The Morgan fingerprint density at radius 2 is 1.38 bits per heavy atom. The number of pyridine rings is 1. The van der Waals surface area contributed by atoms with Gasteiger partial charge in [-0.25, -0.2) is 4.98 Å². The third-order valence-electron chi connectivity index (χ3n) is 15.2. The molecule has 3 aliphatic rings. The molecule has 4 unspecified atom stereocenters.